The molecule has 1 aromatic carbocycles. The molecule has 1 fully saturated rings. The number of benzene rings is 1. The number of piperidine rings is 1. The van der Waals surface area contributed by atoms with E-state index in [1.165, 1.54) is 6.92 Å². The van der Waals surface area contributed by atoms with E-state index in [2.05, 4.69) is 0 Å². The zero-order chi connectivity index (χ0) is 14.1. The molecule has 19 heavy (non-hydrogen) atoms. The van der Waals surface area contributed by atoms with Gasteiger partial charge in [0.15, 0.2) is 5.78 Å². The minimum Gasteiger partial charge on any atom is -0.345 e. The summed E-state index contributed by atoms with van der Waals surface area (Å²) in [7, 11) is -4.01. The third-order valence-electron chi connectivity index (χ3n) is 3.67. The van der Waals surface area contributed by atoms with Crippen molar-refractivity contribution in [2.24, 2.45) is 5.14 Å². The Labute approximate surface area is 113 Å². The number of hydrogen-bond donors (Lipinski definition) is 1. The van der Waals surface area contributed by atoms with E-state index in [1.54, 1.807) is 17.0 Å². The van der Waals surface area contributed by atoms with Crippen LogP contribution < -0.4 is 10.0 Å². The molecule has 5 nitrogen and oxygen atoms in total. The van der Waals surface area contributed by atoms with Crippen LogP contribution in [0, 0.1) is 0 Å². The average molecular weight is 282 g/mol. The number of nitrogens with two attached hydrogens (primary N) is 1. The molecule has 2 N–H and O–H groups in total. The number of nitrogens with zero attached hydrogens (tertiary/aromatic N) is 1. The molecule has 104 valence electrons. The molecule has 1 aliphatic rings. The second kappa shape index (κ2) is 4.94. The zero-order valence-corrected chi connectivity index (χ0v) is 11.7. The number of hydrogen-bond acceptors (Lipinski definition) is 4. The molecule has 2 rings (SSSR count). The number of sulfonamides is 1. The first kappa shape index (κ1) is 14.0. The van der Waals surface area contributed by atoms with Gasteiger partial charge in [-0.25, -0.2) is 13.6 Å². The summed E-state index contributed by atoms with van der Waals surface area (Å²) in [4.78, 5) is 12.1. The van der Waals surface area contributed by atoms with Crippen LogP contribution in [0.4, 0.5) is 5.69 Å². The zero-order valence-electron chi connectivity index (χ0n) is 10.9. The number of ketones is 1. The fourth-order valence-electron chi connectivity index (χ4n) is 2.76. The maximum absolute atomic E-state index is 12.1. The minimum atomic E-state index is -4.01. The van der Waals surface area contributed by atoms with E-state index < -0.39 is 20.7 Å². The van der Waals surface area contributed by atoms with Crippen molar-refractivity contribution in [3.63, 3.8) is 0 Å². The lowest BCUT2D eigenvalue weighted by molar-refractivity contribution is -0.120. The van der Waals surface area contributed by atoms with Crippen LogP contribution in [0.2, 0.25) is 0 Å². The Morgan fingerprint density at radius 1 is 1.26 bits per heavy atom. The molecule has 0 radical (unpaired) electrons. The minimum absolute atomic E-state index is 0.246. The van der Waals surface area contributed by atoms with E-state index in [0.717, 1.165) is 6.42 Å². The summed E-state index contributed by atoms with van der Waals surface area (Å²) < 4.78 is 24.1. The molecule has 0 bridgehead atoms. The second-order valence-electron chi connectivity index (χ2n) is 4.83. The molecule has 1 saturated heterocycles. The topological polar surface area (TPSA) is 80.5 Å². The van der Waals surface area contributed by atoms with Crippen molar-refractivity contribution < 1.29 is 13.2 Å². The fourth-order valence-corrected chi connectivity index (χ4v) is 4.09. The van der Waals surface area contributed by atoms with Crippen LogP contribution >= 0.6 is 0 Å². The molecule has 0 aromatic heterocycles. The Balaban J connectivity index is 2.59. The quantitative estimate of drug-likeness (QED) is 0.904. The molecule has 1 heterocycles. The van der Waals surface area contributed by atoms with Crippen molar-refractivity contribution in [3.05, 3.63) is 30.3 Å². The van der Waals surface area contributed by atoms with E-state index in [4.69, 9.17) is 5.14 Å². The third kappa shape index (κ3) is 2.26. The van der Waals surface area contributed by atoms with Gasteiger partial charge in [0.1, 0.15) is 0 Å². The number of rotatable bonds is 3. The van der Waals surface area contributed by atoms with Gasteiger partial charge in [-0.1, -0.05) is 18.2 Å². The van der Waals surface area contributed by atoms with Gasteiger partial charge < -0.3 is 4.90 Å². The number of primary sulfonamides is 1. The summed E-state index contributed by atoms with van der Waals surface area (Å²) in [6, 6.07) is 9.08. The highest BCUT2D eigenvalue weighted by Gasteiger charge is 2.52. The highest BCUT2D eigenvalue weighted by molar-refractivity contribution is 7.91. The second-order valence-corrected chi connectivity index (χ2v) is 6.60. The molecule has 0 aliphatic carbocycles. The summed E-state index contributed by atoms with van der Waals surface area (Å²) in [5, 5.41) is 5.38. The van der Waals surface area contributed by atoms with Gasteiger partial charge in [-0.3, -0.25) is 4.79 Å². The maximum atomic E-state index is 12.1. The van der Waals surface area contributed by atoms with Gasteiger partial charge in [-0.05, 0) is 38.3 Å². The third-order valence-corrected chi connectivity index (χ3v) is 5.33. The Morgan fingerprint density at radius 3 is 2.42 bits per heavy atom. The molecule has 1 atom stereocenters. The molecule has 0 saturated carbocycles. The summed E-state index contributed by atoms with van der Waals surface area (Å²) in [6.45, 7) is 1.81. The lowest BCUT2D eigenvalue weighted by Gasteiger charge is -2.44. The van der Waals surface area contributed by atoms with Crippen molar-refractivity contribution in [1.29, 1.82) is 0 Å². The monoisotopic (exact) mass is 282 g/mol. The smallest absolute Gasteiger partial charge is 0.240 e. The predicted molar refractivity (Wildman–Crippen MR) is 74.2 cm³/mol. The Bertz CT molecular complexity index is 571. The molecule has 6 heteroatoms. The van der Waals surface area contributed by atoms with Gasteiger partial charge in [-0.2, -0.15) is 0 Å². The lowest BCUT2D eigenvalue weighted by atomic mass is 9.97. The summed E-state index contributed by atoms with van der Waals surface area (Å²) in [6.07, 6.45) is 1.77. The van der Waals surface area contributed by atoms with Crippen LogP contribution in [-0.2, 0) is 14.8 Å². The van der Waals surface area contributed by atoms with Crippen LogP contribution in [0.1, 0.15) is 26.2 Å². The Kier molecular flexibility index (Phi) is 3.64. The van der Waals surface area contributed by atoms with Gasteiger partial charge in [-0.15, -0.1) is 0 Å². The van der Waals surface area contributed by atoms with Gasteiger partial charge in [0.05, 0.1) is 0 Å². The van der Waals surface area contributed by atoms with Crippen LogP contribution in [-0.4, -0.2) is 25.6 Å². The van der Waals surface area contributed by atoms with E-state index >= 15 is 0 Å². The van der Waals surface area contributed by atoms with Crippen LogP contribution in [0.15, 0.2) is 30.3 Å². The predicted octanol–water partition coefficient (Wildman–Crippen LogP) is 1.25. The first-order valence-electron chi connectivity index (χ1n) is 6.25. The van der Waals surface area contributed by atoms with Gasteiger partial charge in [0.25, 0.3) is 0 Å². The number of carbonyl (C=O) groups is 1. The number of anilines is 1. The number of para-hydroxylation sites is 1. The SMILES string of the molecule is CC(=O)C1(S(N)(=O)=O)CCCCN1c1ccccc1. The highest BCUT2D eigenvalue weighted by atomic mass is 32.2. The van der Waals surface area contributed by atoms with Gasteiger partial charge >= 0.3 is 0 Å². The normalized spacial score (nSPS) is 24.2. The van der Waals surface area contributed by atoms with Crippen molar-refractivity contribution in [2.45, 2.75) is 31.1 Å². The summed E-state index contributed by atoms with van der Waals surface area (Å²) in [5.74, 6) is -0.418. The first-order valence-corrected chi connectivity index (χ1v) is 7.80. The standard InChI is InChI=1S/C13H18N2O3S/c1-11(16)13(19(14,17)18)9-5-6-10-15(13)12-7-3-2-4-8-12/h2-4,7-8H,5-6,9-10H2,1H3,(H2,14,17,18). The Morgan fingerprint density at radius 2 is 1.89 bits per heavy atom. The number of carbonyl (C=O) groups excluding carboxylic acids is 1. The fraction of sp³-hybridized carbons (Fsp3) is 0.462. The van der Waals surface area contributed by atoms with Crippen molar-refractivity contribution >= 4 is 21.5 Å². The van der Waals surface area contributed by atoms with Crippen LogP contribution in [0.5, 0.6) is 0 Å². The van der Waals surface area contributed by atoms with E-state index in [0.29, 0.717) is 18.7 Å². The largest absolute Gasteiger partial charge is 0.345 e. The molecule has 1 aliphatic heterocycles. The van der Waals surface area contributed by atoms with E-state index in [-0.39, 0.29) is 6.42 Å². The van der Waals surface area contributed by atoms with Crippen LogP contribution in [0.25, 0.3) is 0 Å². The Hall–Kier alpha value is -1.40. The summed E-state index contributed by atoms with van der Waals surface area (Å²) >= 11 is 0. The van der Waals surface area contributed by atoms with Gasteiger partial charge in [0.2, 0.25) is 14.9 Å². The van der Waals surface area contributed by atoms with E-state index in [9.17, 15) is 13.2 Å². The van der Waals surface area contributed by atoms with Crippen molar-refractivity contribution in [2.75, 3.05) is 11.4 Å². The summed E-state index contributed by atoms with van der Waals surface area (Å²) in [5.41, 5.74) is 0.714. The maximum Gasteiger partial charge on any atom is 0.240 e. The van der Waals surface area contributed by atoms with Gasteiger partial charge in [0, 0.05) is 12.2 Å². The average Bonchev–Trinajstić information content (AvgIpc) is 2.38. The van der Waals surface area contributed by atoms with Crippen LogP contribution in [0.3, 0.4) is 0 Å². The molecule has 1 aromatic rings. The number of Topliss-reactive ketones (excluding diaryl/α,β-unsaturated/α-hetero) is 1. The first-order chi connectivity index (χ1) is 8.89. The van der Waals surface area contributed by atoms with Crippen molar-refractivity contribution in [3.8, 4) is 0 Å². The molecule has 1 unspecified atom stereocenters. The van der Waals surface area contributed by atoms with Crippen molar-refractivity contribution in [1.82, 2.24) is 0 Å². The molecular weight excluding hydrogens is 264 g/mol. The lowest BCUT2D eigenvalue weighted by Crippen LogP contribution is -2.63. The molecular formula is C13H18N2O3S. The highest BCUT2D eigenvalue weighted by Crippen LogP contribution is 2.36. The molecule has 0 spiro atoms. The molecule has 0 amide bonds. The van der Waals surface area contributed by atoms with E-state index in [1.807, 2.05) is 18.2 Å².